The van der Waals surface area contributed by atoms with Crippen LogP contribution in [0.2, 0.25) is 0 Å². The number of carbonyl (C=O) groups excluding carboxylic acids is 2. The highest BCUT2D eigenvalue weighted by molar-refractivity contribution is 5.98. The van der Waals surface area contributed by atoms with Gasteiger partial charge in [-0.1, -0.05) is 24.3 Å². The van der Waals surface area contributed by atoms with E-state index in [0.29, 0.717) is 5.69 Å². The molecule has 136 valence electrons. The summed E-state index contributed by atoms with van der Waals surface area (Å²) in [6.07, 6.45) is 2.10. The molecule has 0 saturated carbocycles. The lowest BCUT2D eigenvalue weighted by molar-refractivity contribution is -0.129. The van der Waals surface area contributed by atoms with Crippen molar-refractivity contribution in [2.75, 3.05) is 18.9 Å². The fourth-order valence-corrected chi connectivity index (χ4v) is 2.44. The molecular formula is C20H20F2N2O2. The van der Waals surface area contributed by atoms with Crippen LogP contribution in [-0.2, 0) is 9.59 Å². The van der Waals surface area contributed by atoms with Crippen molar-refractivity contribution in [2.24, 2.45) is 0 Å². The van der Waals surface area contributed by atoms with E-state index in [1.54, 1.807) is 0 Å². The Labute approximate surface area is 151 Å². The summed E-state index contributed by atoms with van der Waals surface area (Å²) in [7, 11) is 1.44. The summed E-state index contributed by atoms with van der Waals surface area (Å²) in [5, 5.41) is 2.78. The van der Waals surface area contributed by atoms with E-state index in [1.165, 1.54) is 13.1 Å². The number of nitrogens with zero attached hydrogens (tertiary/aromatic N) is 1. The van der Waals surface area contributed by atoms with Crippen molar-refractivity contribution in [2.45, 2.75) is 13.8 Å². The Morgan fingerprint density at radius 3 is 2.15 bits per heavy atom. The molecule has 4 nitrogen and oxygen atoms in total. The van der Waals surface area contributed by atoms with Crippen molar-refractivity contribution in [3.05, 3.63) is 70.8 Å². The van der Waals surface area contributed by atoms with Gasteiger partial charge in [0.25, 0.3) is 0 Å². The van der Waals surface area contributed by atoms with E-state index in [2.05, 4.69) is 5.32 Å². The van der Waals surface area contributed by atoms with E-state index in [9.17, 15) is 18.4 Å². The lowest BCUT2D eigenvalue weighted by Crippen LogP contribution is -2.34. The van der Waals surface area contributed by atoms with Gasteiger partial charge < -0.3 is 10.2 Å². The molecule has 6 heteroatoms. The van der Waals surface area contributed by atoms with E-state index >= 15 is 0 Å². The highest BCUT2D eigenvalue weighted by Crippen LogP contribution is 2.19. The molecule has 1 N–H and O–H groups in total. The minimum Gasteiger partial charge on any atom is -0.333 e. The number of rotatable bonds is 5. The molecule has 2 rings (SSSR count). The first-order valence-corrected chi connectivity index (χ1v) is 8.03. The minimum absolute atomic E-state index is 0.184. The summed E-state index contributed by atoms with van der Waals surface area (Å²) in [4.78, 5) is 25.4. The third-order valence-electron chi connectivity index (χ3n) is 3.89. The largest absolute Gasteiger partial charge is 0.333 e. The van der Waals surface area contributed by atoms with Gasteiger partial charge in [0.1, 0.15) is 11.6 Å². The van der Waals surface area contributed by atoms with Crippen molar-refractivity contribution >= 4 is 23.6 Å². The third-order valence-corrected chi connectivity index (χ3v) is 3.89. The summed E-state index contributed by atoms with van der Waals surface area (Å²) in [6.45, 7) is 3.57. The van der Waals surface area contributed by atoms with Gasteiger partial charge in [0.15, 0.2) is 0 Å². The smallest absolute Gasteiger partial charge is 0.246 e. The second-order valence-electron chi connectivity index (χ2n) is 5.98. The number of carbonyl (C=O) groups is 2. The maximum atomic E-state index is 13.5. The third kappa shape index (κ3) is 4.75. The van der Waals surface area contributed by atoms with Crippen molar-refractivity contribution in [3.8, 4) is 0 Å². The van der Waals surface area contributed by atoms with E-state index in [0.717, 1.165) is 40.3 Å². The highest BCUT2D eigenvalue weighted by atomic mass is 19.1. The van der Waals surface area contributed by atoms with Crippen molar-refractivity contribution in [3.63, 3.8) is 0 Å². The summed E-state index contributed by atoms with van der Waals surface area (Å²) >= 11 is 0. The van der Waals surface area contributed by atoms with Crippen LogP contribution >= 0.6 is 0 Å². The van der Waals surface area contributed by atoms with Gasteiger partial charge in [-0.15, -0.1) is 0 Å². The van der Waals surface area contributed by atoms with Crippen LogP contribution in [0.5, 0.6) is 0 Å². The lowest BCUT2D eigenvalue weighted by Gasteiger charge is -2.16. The van der Waals surface area contributed by atoms with Crippen LogP contribution in [0.4, 0.5) is 14.5 Å². The zero-order valence-corrected chi connectivity index (χ0v) is 14.8. The van der Waals surface area contributed by atoms with Gasteiger partial charge in [0, 0.05) is 24.4 Å². The van der Waals surface area contributed by atoms with Gasteiger partial charge in [0.05, 0.1) is 6.54 Å². The number of hydrogen-bond donors (Lipinski definition) is 1. The fraction of sp³-hybridized carbons (Fsp3) is 0.200. The predicted octanol–water partition coefficient (Wildman–Crippen LogP) is 3.69. The highest BCUT2D eigenvalue weighted by Gasteiger charge is 2.13. The first-order chi connectivity index (χ1) is 12.3. The van der Waals surface area contributed by atoms with Crippen molar-refractivity contribution in [1.29, 1.82) is 0 Å². The molecule has 0 saturated heterocycles. The maximum Gasteiger partial charge on any atom is 0.246 e. The number of benzene rings is 2. The Kier molecular flexibility index (Phi) is 6.22. The summed E-state index contributed by atoms with van der Waals surface area (Å²) in [5.41, 5.74) is 2.25. The van der Waals surface area contributed by atoms with Gasteiger partial charge in [0.2, 0.25) is 11.8 Å². The van der Waals surface area contributed by atoms with Crippen LogP contribution in [0.1, 0.15) is 16.7 Å². The average Bonchev–Trinajstić information content (AvgIpc) is 2.57. The SMILES string of the molecule is Cc1cccc(C)c1NC(=O)CN(C)C(=O)C=Cc1c(F)cccc1F. The number of amides is 2. The quantitative estimate of drug-likeness (QED) is 0.829. The molecule has 0 aliphatic carbocycles. The number of para-hydroxylation sites is 1. The van der Waals surface area contributed by atoms with Crippen molar-refractivity contribution < 1.29 is 18.4 Å². The number of nitrogens with one attached hydrogen (secondary N) is 1. The monoisotopic (exact) mass is 358 g/mol. The molecule has 0 aliphatic heterocycles. The molecule has 2 amide bonds. The Morgan fingerprint density at radius 2 is 1.58 bits per heavy atom. The van der Waals surface area contributed by atoms with Crippen LogP contribution in [0.15, 0.2) is 42.5 Å². The molecular weight excluding hydrogens is 338 g/mol. The maximum absolute atomic E-state index is 13.5. The summed E-state index contributed by atoms with van der Waals surface area (Å²) in [5.74, 6) is -2.41. The average molecular weight is 358 g/mol. The topological polar surface area (TPSA) is 49.4 Å². The molecule has 0 fully saturated rings. The molecule has 0 atom stereocenters. The summed E-state index contributed by atoms with van der Waals surface area (Å²) < 4.78 is 27.1. The van der Waals surface area contributed by atoms with E-state index in [1.807, 2.05) is 32.0 Å². The standard InChI is InChI=1S/C20H20F2N2O2/c1-13-6-4-7-14(2)20(13)23-18(25)12-24(3)19(26)11-10-15-16(21)8-5-9-17(15)22/h4-11H,12H2,1-3H3,(H,23,25). The van der Waals surface area contributed by atoms with E-state index in [4.69, 9.17) is 0 Å². The number of anilines is 1. The molecule has 0 radical (unpaired) electrons. The Hall–Kier alpha value is -3.02. The number of likely N-dealkylation sites (N-methyl/N-ethyl adjacent to an activating group) is 1. The Morgan fingerprint density at radius 1 is 1.04 bits per heavy atom. The lowest BCUT2D eigenvalue weighted by atomic mass is 10.1. The molecule has 2 aromatic rings. The Bertz CT molecular complexity index is 822. The zero-order chi connectivity index (χ0) is 19.3. The van der Waals surface area contributed by atoms with Crippen LogP contribution in [-0.4, -0.2) is 30.3 Å². The Balaban J connectivity index is 2.00. The van der Waals surface area contributed by atoms with Crippen LogP contribution < -0.4 is 5.32 Å². The molecule has 2 aromatic carbocycles. The minimum atomic E-state index is -0.760. The molecule has 0 aromatic heterocycles. The first kappa shape index (κ1) is 19.3. The fourth-order valence-electron chi connectivity index (χ4n) is 2.44. The molecule has 0 unspecified atom stereocenters. The molecule has 0 bridgehead atoms. The normalized spacial score (nSPS) is 10.8. The van der Waals surface area contributed by atoms with Crippen LogP contribution in [0.3, 0.4) is 0 Å². The van der Waals surface area contributed by atoms with Gasteiger partial charge in [-0.3, -0.25) is 9.59 Å². The number of aryl methyl sites for hydroxylation is 2. The van der Waals surface area contributed by atoms with E-state index in [-0.39, 0.29) is 18.0 Å². The van der Waals surface area contributed by atoms with E-state index < -0.39 is 17.5 Å². The first-order valence-electron chi connectivity index (χ1n) is 8.03. The van der Waals surface area contributed by atoms with Crippen LogP contribution in [0.25, 0.3) is 6.08 Å². The predicted molar refractivity (Wildman–Crippen MR) is 97.6 cm³/mol. The van der Waals surface area contributed by atoms with Crippen molar-refractivity contribution in [1.82, 2.24) is 4.90 Å². The van der Waals surface area contributed by atoms with Gasteiger partial charge in [-0.25, -0.2) is 8.78 Å². The number of hydrogen-bond acceptors (Lipinski definition) is 2. The second kappa shape index (κ2) is 8.38. The van der Waals surface area contributed by atoms with Gasteiger partial charge >= 0.3 is 0 Å². The van der Waals surface area contributed by atoms with Gasteiger partial charge in [-0.05, 0) is 43.2 Å². The second-order valence-corrected chi connectivity index (χ2v) is 5.98. The molecule has 0 spiro atoms. The molecule has 0 heterocycles. The zero-order valence-electron chi connectivity index (χ0n) is 14.8. The number of halogens is 2. The molecule has 0 aliphatic rings. The summed E-state index contributed by atoms with van der Waals surface area (Å²) in [6, 6.07) is 9.10. The molecule has 26 heavy (non-hydrogen) atoms. The van der Waals surface area contributed by atoms with Crippen LogP contribution in [0, 0.1) is 25.5 Å². The van der Waals surface area contributed by atoms with Gasteiger partial charge in [-0.2, -0.15) is 0 Å².